The van der Waals surface area contributed by atoms with Crippen LogP contribution in [0.3, 0.4) is 0 Å². The number of aromatic nitrogens is 2. The first-order valence-corrected chi connectivity index (χ1v) is 7.62. The average molecular weight is 299 g/mol. The van der Waals surface area contributed by atoms with Crippen LogP contribution in [0, 0.1) is 0 Å². The summed E-state index contributed by atoms with van der Waals surface area (Å²) in [5.41, 5.74) is 0. The molecule has 1 aliphatic rings. The molecule has 5 heteroatoms. The molecule has 1 atom stereocenters. The van der Waals surface area contributed by atoms with Crippen molar-refractivity contribution in [3.8, 4) is 11.5 Å². The summed E-state index contributed by atoms with van der Waals surface area (Å²) in [6, 6.07) is 9.55. The van der Waals surface area contributed by atoms with Gasteiger partial charge in [0, 0.05) is 12.1 Å². The Morgan fingerprint density at radius 3 is 2.73 bits per heavy atom. The van der Waals surface area contributed by atoms with Gasteiger partial charge in [0.25, 0.3) is 0 Å². The SMILES string of the molecule is COc1ccccc1OC(C)CNc1ccnc(C2CC2)n1. The Labute approximate surface area is 130 Å². The van der Waals surface area contributed by atoms with Gasteiger partial charge >= 0.3 is 0 Å². The minimum Gasteiger partial charge on any atom is -0.493 e. The summed E-state index contributed by atoms with van der Waals surface area (Å²) in [4.78, 5) is 8.87. The van der Waals surface area contributed by atoms with E-state index in [-0.39, 0.29) is 6.10 Å². The van der Waals surface area contributed by atoms with E-state index in [0.29, 0.717) is 12.5 Å². The van der Waals surface area contributed by atoms with Crippen molar-refractivity contribution >= 4 is 5.82 Å². The topological polar surface area (TPSA) is 56.3 Å². The summed E-state index contributed by atoms with van der Waals surface area (Å²) in [5, 5.41) is 3.31. The molecule has 1 N–H and O–H groups in total. The van der Waals surface area contributed by atoms with Gasteiger partial charge in [-0.1, -0.05) is 12.1 Å². The molecule has 116 valence electrons. The van der Waals surface area contributed by atoms with Crippen molar-refractivity contribution in [3.63, 3.8) is 0 Å². The number of rotatable bonds is 7. The van der Waals surface area contributed by atoms with E-state index in [2.05, 4.69) is 15.3 Å². The lowest BCUT2D eigenvalue weighted by atomic mass is 10.3. The Morgan fingerprint density at radius 1 is 1.23 bits per heavy atom. The van der Waals surface area contributed by atoms with E-state index in [0.717, 1.165) is 23.1 Å². The lowest BCUT2D eigenvalue weighted by Gasteiger charge is -2.17. The molecule has 0 aliphatic heterocycles. The van der Waals surface area contributed by atoms with E-state index in [9.17, 15) is 0 Å². The zero-order valence-corrected chi connectivity index (χ0v) is 13.0. The third-order valence-corrected chi connectivity index (χ3v) is 3.58. The van der Waals surface area contributed by atoms with Crippen molar-refractivity contribution < 1.29 is 9.47 Å². The van der Waals surface area contributed by atoms with Gasteiger partial charge in [-0.2, -0.15) is 0 Å². The van der Waals surface area contributed by atoms with Gasteiger partial charge in [0.15, 0.2) is 11.5 Å². The maximum atomic E-state index is 5.92. The van der Waals surface area contributed by atoms with Crippen molar-refractivity contribution in [2.45, 2.75) is 31.8 Å². The maximum Gasteiger partial charge on any atom is 0.161 e. The fraction of sp³-hybridized carbons (Fsp3) is 0.412. The second-order valence-electron chi connectivity index (χ2n) is 5.53. The predicted molar refractivity (Wildman–Crippen MR) is 85.6 cm³/mol. The zero-order valence-electron chi connectivity index (χ0n) is 13.0. The molecular weight excluding hydrogens is 278 g/mol. The maximum absolute atomic E-state index is 5.92. The summed E-state index contributed by atoms with van der Waals surface area (Å²) < 4.78 is 11.2. The standard InChI is InChI=1S/C17H21N3O2/c1-12(22-15-6-4-3-5-14(15)21-2)11-19-16-9-10-18-17(20-16)13-7-8-13/h3-6,9-10,12-13H,7-8,11H2,1-2H3,(H,18,19,20). The highest BCUT2D eigenvalue weighted by atomic mass is 16.5. The van der Waals surface area contributed by atoms with Gasteiger partial charge < -0.3 is 14.8 Å². The molecule has 0 spiro atoms. The molecule has 5 nitrogen and oxygen atoms in total. The molecular formula is C17H21N3O2. The summed E-state index contributed by atoms with van der Waals surface area (Å²) >= 11 is 0. The minimum absolute atomic E-state index is 0.00404. The second-order valence-corrected chi connectivity index (χ2v) is 5.53. The molecule has 0 bridgehead atoms. The van der Waals surface area contributed by atoms with E-state index in [1.54, 1.807) is 7.11 Å². The Balaban J connectivity index is 1.55. The smallest absolute Gasteiger partial charge is 0.161 e. The average Bonchev–Trinajstić information content (AvgIpc) is 3.39. The Morgan fingerprint density at radius 2 is 2.00 bits per heavy atom. The van der Waals surface area contributed by atoms with Gasteiger partial charge in [-0.3, -0.25) is 0 Å². The second kappa shape index (κ2) is 6.64. The largest absolute Gasteiger partial charge is 0.493 e. The molecule has 0 radical (unpaired) electrons. The summed E-state index contributed by atoms with van der Waals surface area (Å²) in [6.45, 7) is 2.68. The number of hydrogen-bond acceptors (Lipinski definition) is 5. The lowest BCUT2D eigenvalue weighted by molar-refractivity contribution is 0.223. The number of para-hydroxylation sites is 2. The number of hydrogen-bond donors (Lipinski definition) is 1. The number of ether oxygens (including phenoxy) is 2. The predicted octanol–water partition coefficient (Wildman–Crippen LogP) is 3.24. The first kappa shape index (κ1) is 14.6. The highest BCUT2D eigenvalue weighted by Crippen LogP contribution is 2.38. The normalized spacial score (nSPS) is 15.2. The highest BCUT2D eigenvalue weighted by Gasteiger charge is 2.26. The quantitative estimate of drug-likeness (QED) is 0.850. The summed E-state index contributed by atoms with van der Waals surface area (Å²) in [6.07, 6.45) is 4.22. The van der Waals surface area contributed by atoms with E-state index in [1.165, 1.54) is 12.8 Å². The van der Waals surface area contributed by atoms with Gasteiger partial charge in [0.2, 0.25) is 0 Å². The van der Waals surface area contributed by atoms with Crippen LogP contribution in [0.4, 0.5) is 5.82 Å². The first-order valence-electron chi connectivity index (χ1n) is 7.62. The van der Waals surface area contributed by atoms with Crippen LogP contribution < -0.4 is 14.8 Å². The van der Waals surface area contributed by atoms with Gasteiger partial charge in [-0.05, 0) is 38.0 Å². The van der Waals surface area contributed by atoms with E-state index in [4.69, 9.17) is 9.47 Å². The molecule has 2 aromatic rings. The van der Waals surface area contributed by atoms with Crippen molar-refractivity contribution in [1.29, 1.82) is 0 Å². The Bertz CT molecular complexity index is 629. The minimum atomic E-state index is -0.00404. The molecule has 1 saturated carbocycles. The van der Waals surface area contributed by atoms with Gasteiger partial charge in [0.1, 0.15) is 17.7 Å². The van der Waals surface area contributed by atoms with E-state index in [1.807, 2.05) is 43.5 Å². The fourth-order valence-corrected chi connectivity index (χ4v) is 2.23. The van der Waals surface area contributed by atoms with Crippen LogP contribution >= 0.6 is 0 Å². The lowest BCUT2D eigenvalue weighted by Crippen LogP contribution is -2.23. The van der Waals surface area contributed by atoms with Crippen LogP contribution in [0.1, 0.15) is 31.5 Å². The molecule has 3 rings (SSSR count). The first-order chi connectivity index (χ1) is 10.8. The van der Waals surface area contributed by atoms with Gasteiger partial charge in [-0.15, -0.1) is 0 Å². The molecule has 1 fully saturated rings. The number of anilines is 1. The highest BCUT2D eigenvalue weighted by molar-refractivity contribution is 5.39. The van der Waals surface area contributed by atoms with E-state index >= 15 is 0 Å². The van der Waals surface area contributed by atoms with Crippen molar-refractivity contribution in [1.82, 2.24) is 9.97 Å². The fourth-order valence-electron chi connectivity index (χ4n) is 2.23. The van der Waals surface area contributed by atoms with Crippen LogP contribution in [0.15, 0.2) is 36.5 Å². The third kappa shape index (κ3) is 3.67. The molecule has 1 unspecified atom stereocenters. The summed E-state index contributed by atoms with van der Waals surface area (Å²) in [7, 11) is 1.64. The van der Waals surface area contributed by atoms with Crippen molar-refractivity contribution in [2.24, 2.45) is 0 Å². The van der Waals surface area contributed by atoms with Gasteiger partial charge in [0.05, 0.1) is 13.7 Å². The molecule has 1 heterocycles. The van der Waals surface area contributed by atoms with Crippen LogP contribution in [-0.4, -0.2) is 29.7 Å². The Kier molecular flexibility index (Phi) is 4.42. The monoisotopic (exact) mass is 299 g/mol. The molecule has 1 aromatic carbocycles. The number of methoxy groups -OCH3 is 1. The van der Waals surface area contributed by atoms with E-state index < -0.39 is 0 Å². The van der Waals surface area contributed by atoms with Crippen molar-refractivity contribution in [2.75, 3.05) is 19.0 Å². The molecule has 22 heavy (non-hydrogen) atoms. The van der Waals surface area contributed by atoms with Gasteiger partial charge in [-0.25, -0.2) is 9.97 Å². The zero-order chi connectivity index (χ0) is 15.4. The van der Waals surface area contributed by atoms with Crippen LogP contribution in [0.25, 0.3) is 0 Å². The molecule has 0 saturated heterocycles. The van der Waals surface area contributed by atoms with Crippen LogP contribution in [0.2, 0.25) is 0 Å². The number of nitrogens with one attached hydrogen (secondary N) is 1. The molecule has 0 amide bonds. The van der Waals surface area contributed by atoms with Crippen molar-refractivity contribution in [3.05, 3.63) is 42.4 Å². The summed E-state index contributed by atoms with van der Waals surface area (Å²) in [5.74, 6) is 3.85. The molecule has 1 aliphatic carbocycles. The van der Waals surface area contributed by atoms with Crippen LogP contribution in [0.5, 0.6) is 11.5 Å². The number of nitrogens with zero attached hydrogens (tertiary/aromatic N) is 2. The van der Waals surface area contributed by atoms with Crippen LogP contribution in [-0.2, 0) is 0 Å². The third-order valence-electron chi connectivity index (χ3n) is 3.58. The number of benzene rings is 1. The Hall–Kier alpha value is -2.30. The molecule has 1 aromatic heterocycles.